The van der Waals surface area contributed by atoms with E-state index in [9.17, 15) is 0 Å². The second-order valence-electron chi connectivity index (χ2n) is 2.46. The largest absolute Gasteiger partial charge is 0.317 e. The molecule has 0 aromatic carbocycles. The smallest absolute Gasteiger partial charge is 0.0319 e. The minimum absolute atomic E-state index is 0. The summed E-state index contributed by atoms with van der Waals surface area (Å²) >= 11 is 0. The van der Waals surface area contributed by atoms with Crippen molar-refractivity contribution in [1.82, 2.24) is 5.48 Å². The fraction of sp³-hybridized carbons (Fsp3) is 1.00. The predicted octanol–water partition coefficient (Wildman–Crippen LogP) is 1.30. The van der Waals surface area contributed by atoms with E-state index in [2.05, 4.69) is 5.48 Å². The van der Waals surface area contributed by atoms with Crippen molar-refractivity contribution in [2.75, 3.05) is 0 Å². The molecule has 0 amide bonds. The molecule has 0 radical (unpaired) electrons. The first-order valence-electron chi connectivity index (χ1n) is 3.33. The van der Waals surface area contributed by atoms with E-state index >= 15 is 0 Å². The maximum Gasteiger partial charge on any atom is 0.0319 e. The van der Waals surface area contributed by atoms with Crippen LogP contribution < -0.4 is 5.48 Å². The normalized spacial score (nSPS) is 21.0. The molecule has 0 atom stereocenters. The summed E-state index contributed by atoms with van der Waals surface area (Å²) in [5.41, 5.74) is 2.30. The van der Waals surface area contributed by atoms with E-state index in [1.165, 1.54) is 19.3 Å². The summed E-state index contributed by atoms with van der Waals surface area (Å²) in [6.07, 6.45) is 6.20. The molecule has 0 saturated heterocycles. The van der Waals surface area contributed by atoms with Crippen molar-refractivity contribution >= 4 is 0 Å². The number of hydrogen-bond acceptors (Lipinski definition) is 2. The maximum atomic E-state index is 8.44. The van der Waals surface area contributed by atoms with Crippen molar-refractivity contribution in [2.45, 2.75) is 38.1 Å². The molecule has 9 heavy (non-hydrogen) atoms. The molecule has 1 rings (SSSR count). The zero-order valence-corrected chi connectivity index (χ0v) is 8.73. The van der Waals surface area contributed by atoms with Crippen LogP contribution in [0.4, 0.5) is 0 Å². The van der Waals surface area contributed by atoms with Gasteiger partial charge in [-0.1, -0.05) is 19.3 Å². The second-order valence-corrected chi connectivity index (χ2v) is 2.46. The van der Waals surface area contributed by atoms with E-state index in [-0.39, 0.29) is 19.5 Å². The van der Waals surface area contributed by atoms with Crippen LogP contribution in [0, 0.1) is 0 Å². The van der Waals surface area contributed by atoms with Gasteiger partial charge in [0.1, 0.15) is 0 Å². The van der Waals surface area contributed by atoms with Gasteiger partial charge in [0.05, 0.1) is 0 Å². The first kappa shape index (κ1) is 9.54. The second kappa shape index (κ2) is 5.34. The summed E-state index contributed by atoms with van der Waals surface area (Å²) in [4.78, 5) is 0. The average Bonchev–Trinajstić information content (AvgIpc) is 1.90. The van der Waals surface area contributed by atoms with E-state index in [0.717, 1.165) is 12.8 Å². The van der Waals surface area contributed by atoms with Crippen LogP contribution in [0.3, 0.4) is 0 Å². The minimum atomic E-state index is 0. The third-order valence-corrected chi connectivity index (χ3v) is 1.79. The SMILES string of the molecule is ONC1CCCCC1.[Zn]. The Labute approximate surface area is 68.7 Å². The standard InChI is InChI=1S/C6H13NO.Zn/c8-7-6-4-2-1-3-5-6;/h6-8H,1-5H2;. The molecule has 0 aliphatic heterocycles. The van der Waals surface area contributed by atoms with Gasteiger partial charge in [-0.3, -0.25) is 0 Å². The maximum absolute atomic E-state index is 8.44. The van der Waals surface area contributed by atoms with Crippen LogP contribution >= 0.6 is 0 Å². The quantitative estimate of drug-likeness (QED) is 0.471. The summed E-state index contributed by atoms with van der Waals surface area (Å²) in [7, 11) is 0. The van der Waals surface area contributed by atoms with Crippen LogP contribution in [0.2, 0.25) is 0 Å². The first-order valence-corrected chi connectivity index (χ1v) is 3.33. The van der Waals surface area contributed by atoms with Crippen molar-refractivity contribution in [3.05, 3.63) is 0 Å². The van der Waals surface area contributed by atoms with Gasteiger partial charge in [0.2, 0.25) is 0 Å². The summed E-state index contributed by atoms with van der Waals surface area (Å²) in [5, 5.41) is 8.44. The van der Waals surface area contributed by atoms with Crippen LogP contribution in [0.1, 0.15) is 32.1 Å². The molecule has 0 heterocycles. The van der Waals surface area contributed by atoms with Gasteiger partial charge in [-0.15, -0.1) is 0 Å². The van der Waals surface area contributed by atoms with Crippen LogP contribution in [0.25, 0.3) is 0 Å². The monoisotopic (exact) mass is 179 g/mol. The summed E-state index contributed by atoms with van der Waals surface area (Å²) in [6, 6.07) is 0.392. The van der Waals surface area contributed by atoms with Gasteiger partial charge in [-0.25, -0.2) is 5.48 Å². The molecule has 1 saturated carbocycles. The fourth-order valence-electron chi connectivity index (χ4n) is 1.23. The van der Waals surface area contributed by atoms with Crippen molar-refractivity contribution < 1.29 is 24.7 Å². The fourth-order valence-corrected chi connectivity index (χ4v) is 1.23. The number of hydrogen-bond donors (Lipinski definition) is 2. The average molecular weight is 181 g/mol. The van der Waals surface area contributed by atoms with E-state index in [1.54, 1.807) is 0 Å². The number of rotatable bonds is 1. The molecule has 0 unspecified atom stereocenters. The Morgan fingerprint density at radius 1 is 1.11 bits per heavy atom. The van der Waals surface area contributed by atoms with Gasteiger partial charge in [-0.05, 0) is 12.8 Å². The third kappa shape index (κ3) is 3.29. The van der Waals surface area contributed by atoms with Crippen LogP contribution in [0.5, 0.6) is 0 Å². The minimum Gasteiger partial charge on any atom is -0.317 e. The molecular formula is C6H13NOZn. The van der Waals surface area contributed by atoms with Crippen molar-refractivity contribution in [2.24, 2.45) is 0 Å². The topological polar surface area (TPSA) is 32.3 Å². The molecule has 1 aliphatic carbocycles. The summed E-state index contributed by atoms with van der Waals surface area (Å²) in [5.74, 6) is 0. The Morgan fingerprint density at radius 3 is 2.00 bits per heavy atom. The zero-order valence-electron chi connectivity index (χ0n) is 5.77. The first-order chi connectivity index (χ1) is 3.93. The molecule has 0 bridgehead atoms. The van der Waals surface area contributed by atoms with Crippen molar-refractivity contribution in [1.29, 1.82) is 0 Å². The van der Waals surface area contributed by atoms with E-state index in [1.807, 2.05) is 0 Å². The van der Waals surface area contributed by atoms with Crippen molar-refractivity contribution in [3.63, 3.8) is 0 Å². The number of hydroxylamine groups is 1. The van der Waals surface area contributed by atoms with E-state index in [4.69, 9.17) is 5.21 Å². The summed E-state index contributed by atoms with van der Waals surface area (Å²) < 4.78 is 0. The zero-order chi connectivity index (χ0) is 5.82. The Bertz CT molecular complexity index is 64.1. The molecule has 1 aliphatic rings. The molecule has 3 heteroatoms. The predicted molar refractivity (Wildman–Crippen MR) is 31.8 cm³/mol. The van der Waals surface area contributed by atoms with Gasteiger partial charge in [0.15, 0.2) is 0 Å². The van der Waals surface area contributed by atoms with Gasteiger partial charge in [-0.2, -0.15) is 0 Å². The Kier molecular flexibility index (Phi) is 5.66. The van der Waals surface area contributed by atoms with Crippen molar-refractivity contribution in [3.8, 4) is 0 Å². The van der Waals surface area contributed by atoms with E-state index in [0.29, 0.717) is 6.04 Å². The van der Waals surface area contributed by atoms with Crippen LogP contribution in [-0.2, 0) is 19.5 Å². The Hall–Kier alpha value is 0.543. The molecule has 50 valence electrons. The van der Waals surface area contributed by atoms with Gasteiger partial charge < -0.3 is 5.21 Å². The third-order valence-electron chi connectivity index (χ3n) is 1.79. The van der Waals surface area contributed by atoms with Crippen LogP contribution in [0.15, 0.2) is 0 Å². The van der Waals surface area contributed by atoms with E-state index < -0.39 is 0 Å². The van der Waals surface area contributed by atoms with Crippen LogP contribution in [-0.4, -0.2) is 11.2 Å². The molecule has 2 nitrogen and oxygen atoms in total. The molecule has 1 fully saturated rings. The molecule has 0 aromatic rings. The van der Waals surface area contributed by atoms with Gasteiger partial charge >= 0.3 is 0 Å². The molecule has 0 aromatic heterocycles. The Balaban J connectivity index is 0.000000640. The molecule has 0 spiro atoms. The Morgan fingerprint density at radius 2 is 1.67 bits per heavy atom. The molecule has 2 N–H and O–H groups in total. The molecular weight excluding hydrogens is 167 g/mol. The van der Waals surface area contributed by atoms with Gasteiger partial charge in [0.25, 0.3) is 0 Å². The van der Waals surface area contributed by atoms with Gasteiger partial charge in [0, 0.05) is 25.5 Å². The number of nitrogens with one attached hydrogen (secondary N) is 1. The summed E-state index contributed by atoms with van der Waals surface area (Å²) in [6.45, 7) is 0.